The van der Waals surface area contributed by atoms with Crippen molar-refractivity contribution in [1.29, 1.82) is 0 Å². The molecule has 2 aromatic heterocycles. The number of para-hydroxylation sites is 1. The average Bonchev–Trinajstić information content (AvgIpc) is 3.14. The second kappa shape index (κ2) is 8.89. The molecule has 0 radical (unpaired) electrons. The lowest BCUT2D eigenvalue weighted by Gasteiger charge is -2.28. The Bertz CT molecular complexity index is 980. The van der Waals surface area contributed by atoms with Crippen molar-refractivity contribution in [1.82, 2.24) is 20.4 Å². The van der Waals surface area contributed by atoms with E-state index in [1.54, 1.807) is 0 Å². The number of nitrogens with one attached hydrogen (secondary N) is 2. The number of benzene rings is 1. The van der Waals surface area contributed by atoms with Gasteiger partial charge in [-0.25, -0.2) is 4.98 Å². The number of aromatic nitrogens is 3. The molecule has 0 spiro atoms. The zero-order chi connectivity index (χ0) is 20.1. The van der Waals surface area contributed by atoms with Gasteiger partial charge in [0, 0.05) is 43.3 Å². The van der Waals surface area contributed by atoms with Gasteiger partial charge in [0.25, 0.3) is 0 Å². The number of fused-ring (bicyclic) bond motifs is 1. The predicted molar refractivity (Wildman–Crippen MR) is 112 cm³/mol. The number of aryl methyl sites for hydroxylation is 1. The van der Waals surface area contributed by atoms with Gasteiger partial charge in [0.05, 0.1) is 6.42 Å². The SMILES string of the molecule is Cc1cc(N2CCCCC2)nc(NCCNC(=O)Cc2noc3ccccc23)n1. The number of amides is 1. The largest absolute Gasteiger partial charge is 0.356 e. The molecule has 1 aromatic carbocycles. The van der Waals surface area contributed by atoms with Crippen LogP contribution >= 0.6 is 0 Å². The maximum Gasteiger partial charge on any atom is 0.226 e. The van der Waals surface area contributed by atoms with Crippen LogP contribution in [0.1, 0.15) is 30.7 Å². The van der Waals surface area contributed by atoms with Crippen LogP contribution in [0, 0.1) is 6.92 Å². The molecule has 0 saturated carbocycles. The summed E-state index contributed by atoms with van der Waals surface area (Å²) in [5.41, 5.74) is 2.28. The van der Waals surface area contributed by atoms with Crippen molar-refractivity contribution in [2.45, 2.75) is 32.6 Å². The fourth-order valence-corrected chi connectivity index (χ4v) is 3.57. The van der Waals surface area contributed by atoms with E-state index in [9.17, 15) is 4.79 Å². The molecule has 1 aliphatic heterocycles. The fourth-order valence-electron chi connectivity index (χ4n) is 3.57. The molecule has 1 aliphatic rings. The van der Waals surface area contributed by atoms with Gasteiger partial charge in [0.1, 0.15) is 11.5 Å². The zero-order valence-corrected chi connectivity index (χ0v) is 16.6. The van der Waals surface area contributed by atoms with E-state index in [2.05, 4.69) is 30.7 Å². The van der Waals surface area contributed by atoms with E-state index in [0.29, 0.717) is 30.3 Å². The van der Waals surface area contributed by atoms with Crippen LogP contribution in [-0.2, 0) is 11.2 Å². The van der Waals surface area contributed by atoms with E-state index in [1.807, 2.05) is 37.3 Å². The summed E-state index contributed by atoms with van der Waals surface area (Å²) in [7, 11) is 0. The van der Waals surface area contributed by atoms with E-state index < -0.39 is 0 Å². The molecular weight excluding hydrogens is 368 g/mol. The fraction of sp³-hybridized carbons (Fsp3) is 0.429. The third-order valence-corrected chi connectivity index (χ3v) is 5.03. The quantitative estimate of drug-likeness (QED) is 0.595. The minimum atomic E-state index is -0.0926. The lowest BCUT2D eigenvalue weighted by atomic mass is 10.1. The summed E-state index contributed by atoms with van der Waals surface area (Å²) in [5, 5.41) is 11.0. The Labute approximate surface area is 169 Å². The summed E-state index contributed by atoms with van der Waals surface area (Å²) < 4.78 is 5.24. The number of carbonyl (C=O) groups is 1. The van der Waals surface area contributed by atoms with Crippen molar-refractivity contribution < 1.29 is 9.32 Å². The molecule has 8 nitrogen and oxygen atoms in total. The summed E-state index contributed by atoms with van der Waals surface area (Å²) in [6.07, 6.45) is 3.89. The summed E-state index contributed by atoms with van der Waals surface area (Å²) in [4.78, 5) is 23.6. The second-order valence-corrected chi connectivity index (χ2v) is 7.32. The first-order chi connectivity index (χ1) is 14.2. The smallest absolute Gasteiger partial charge is 0.226 e. The van der Waals surface area contributed by atoms with Crippen molar-refractivity contribution in [2.75, 3.05) is 36.4 Å². The van der Waals surface area contributed by atoms with Crippen LogP contribution in [0.4, 0.5) is 11.8 Å². The summed E-state index contributed by atoms with van der Waals surface area (Å²) in [6, 6.07) is 9.57. The highest BCUT2D eigenvalue weighted by molar-refractivity contribution is 5.86. The molecule has 29 heavy (non-hydrogen) atoms. The zero-order valence-electron chi connectivity index (χ0n) is 16.6. The van der Waals surface area contributed by atoms with Crippen LogP contribution in [0.5, 0.6) is 0 Å². The molecule has 0 bridgehead atoms. The van der Waals surface area contributed by atoms with Gasteiger partial charge in [-0.05, 0) is 38.3 Å². The van der Waals surface area contributed by atoms with Gasteiger partial charge in [-0.15, -0.1) is 0 Å². The Morgan fingerprint density at radius 2 is 1.97 bits per heavy atom. The highest BCUT2D eigenvalue weighted by atomic mass is 16.5. The minimum absolute atomic E-state index is 0.0926. The van der Waals surface area contributed by atoms with E-state index >= 15 is 0 Å². The Balaban J connectivity index is 1.27. The number of nitrogens with zero attached hydrogens (tertiary/aromatic N) is 4. The van der Waals surface area contributed by atoms with Gasteiger partial charge in [0.15, 0.2) is 5.58 Å². The number of carbonyl (C=O) groups excluding carboxylic acids is 1. The van der Waals surface area contributed by atoms with Crippen LogP contribution in [0.15, 0.2) is 34.9 Å². The van der Waals surface area contributed by atoms with Crippen molar-refractivity contribution in [3.63, 3.8) is 0 Å². The molecule has 1 saturated heterocycles. The maximum absolute atomic E-state index is 12.2. The van der Waals surface area contributed by atoms with Crippen LogP contribution in [-0.4, -0.2) is 47.2 Å². The molecule has 1 fully saturated rings. The third kappa shape index (κ3) is 4.82. The van der Waals surface area contributed by atoms with Crippen LogP contribution in [0.2, 0.25) is 0 Å². The molecule has 0 atom stereocenters. The van der Waals surface area contributed by atoms with Gasteiger partial charge < -0.3 is 20.1 Å². The Kier molecular flexibility index (Phi) is 5.88. The van der Waals surface area contributed by atoms with E-state index in [4.69, 9.17) is 4.52 Å². The molecule has 0 unspecified atom stereocenters. The molecule has 4 rings (SSSR count). The average molecular weight is 394 g/mol. The van der Waals surface area contributed by atoms with Crippen LogP contribution in [0.3, 0.4) is 0 Å². The van der Waals surface area contributed by atoms with Gasteiger partial charge in [-0.2, -0.15) is 4.98 Å². The summed E-state index contributed by atoms with van der Waals surface area (Å²) in [5.74, 6) is 1.48. The first-order valence-electron chi connectivity index (χ1n) is 10.1. The monoisotopic (exact) mass is 394 g/mol. The Morgan fingerprint density at radius 3 is 2.83 bits per heavy atom. The highest BCUT2D eigenvalue weighted by Gasteiger charge is 2.14. The molecule has 0 aliphatic carbocycles. The molecule has 3 heterocycles. The third-order valence-electron chi connectivity index (χ3n) is 5.03. The van der Waals surface area contributed by atoms with Crippen LogP contribution < -0.4 is 15.5 Å². The minimum Gasteiger partial charge on any atom is -0.356 e. The predicted octanol–water partition coefficient (Wildman–Crippen LogP) is 2.69. The standard InChI is InChI=1S/C21H26N6O2/c1-15-13-19(27-11-5-2-6-12-27)25-21(24-15)23-10-9-22-20(28)14-17-16-7-3-4-8-18(16)29-26-17/h3-4,7-8,13H,2,5-6,9-12,14H2,1H3,(H,22,28)(H,23,24,25). The first-order valence-corrected chi connectivity index (χ1v) is 10.1. The number of rotatable bonds is 7. The second-order valence-electron chi connectivity index (χ2n) is 7.32. The van der Waals surface area contributed by atoms with Gasteiger partial charge in [-0.1, -0.05) is 17.3 Å². The normalized spacial score (nSPS) is 14.2. The lowest BCUT2D eigenvalue weighted by molar-refractivity contribution is -0.120. The van der Waals surface area contributed by atoms with Gasteiger partial charge in [-0.3, -0.25) is 4.79 Å². The summed E-state index contributed by atoms with van der Waals surface area (Å²) >= 11 is 0. The topological polar surface area (TPSA) is 96.2 Å². The van der Waals surface area contributed by atoms with Crippen molar-refractivity contribution in [3.8, 4) is 0 Å². The maximum atomic E-state index is 12.2. The van der Waals surface area contributed by atoms with E-state index in [0.717, 1.165) is 30.0 Å². The first kappa shape index (κ1) is 19.2. The summed E-state index contributed by atoms with van der Waals surface area (Å²) in [6.45, 7) is 5.09. The van der Waals surface area contributed by atoms with Gasteiger partial charge >= 0.3 is 0 Å². The molecule has 152 valence electrons. The highest BCUT2D eigenvalue weighted by Crippen LogP contribution is 2.20. The molecular formula is C21H26N6O2. The number of piperidine rings is 1. The van der Waals surface area contributed by atoms with E-state index in [-0.39, 0.29) is 12.3 Å². The van der Waals surface area contributed by atoms with Crippen molar-refractivity contribution in [2.24, 2.45) is 0 Å². The van der Waals surface area contributed by atoms with Crippen molar-refractivity contribution >= 4 is 28.6 Å². The molecule has 2 N–H and O–H groups in total. The number of anilines is 2. The van der Waals surface area contributed by atoms with E-state index in [1.165, 1.54) is 19.3 Å². The Hall–Kier alpha value is -3.16. The van der Waals surface area contributed by atoms with Crippen LogP contribution in [0.25, 0.3) is 11.0 Å². The molecule has 1 amide bonds. The van der Waals surface area contributed by atoms with Crippen molar-refractivity contribution in [3.05, 3.63) is 41.7 Å². The Morgan fingerprint density at radius 1 is 1.14 bits per heavy atom. The number of hydrogen-bond donors (Lipinski definition) is 2. The molecule has 3 aromatic rings. The molecule has 8 heteroatoms. The lowest BCUT2D eigenvalue weighted by Crippen LogP contribution is -2.31. The number of hydrogen-bond acceptors (Lipinski definition) is 7. The van der Waals surface area contributed by atoms with Gasteiger partial charge in [0.2, 0.25) is 11.9 Å².